The highest BCUT2D eigenvalue weighted by Crippen LogP contribution is 2.62. The first-order valence-corrected chi connectivity index (χ1v) is 23.8. The van der Waals surface area contributed by atoms with Crippen molar-refractivity contribution in [3.63, 3.8) is 0 Å². The molecule has 1 spiro atoms. The largest absolute Gasteiger partial charge is 0.457 e. The number of hydrogen-bond donors (Lipinski definition) is 0. The summed E-state index contributed by atoms with van der Waals surface area (Å²) >= 11 is 1.86. The maximum atomic E-state index is 7.18. The number of rotatable bonds is 4. The molecule has 0 radical (unpaired) electrons. The second-order valence-electron chi connectivity index (χ2n) is 17.9. The van der Waals surface area contributed by atoms with Gasteiger partial charge in [0.25, 0.3) is 0 Å². The molecule has 0 bridgehead atoms. The highest BCUT2D eigenvalue weighted by Gasteiger charge is 2.49. The van der Waals surface area contributed by atoms with Crippen molar-refractivity contribution in [1.82, 2.24) is 4.57 Å². The Hall–Kier alpha value is -8.44. The molecule has 312 valence electrons. The van der Waals surface area contributed by atoms with Gasteiger partial charge < -0.3 is 14.2 Å². The number of ether oxygens (including phenoxy) is 1. The van der Waals surface area contributed by atoms with Crippen LogP contribution in [-0.2, 0) is 5.41 Å². The fourth-order valence-electron chi connectivity index (χ4n) is 12.0. The van der Waals surface area contributed by atoms with Crippen molar-refractivity contribution in [2.75, 3.05) is 4.90 Å². The van der Waals surface area contributed by atoms with Gasteiger partial charge in [0.15, 0.2) is 0 Å². The van der Waals surface area contributed by atoms with E-state index in [1.54, 1.807) is 0 Å². The predicted octanol–water partition coefficient (Wildman–Crippen LogP) is 17.4. The molecule has 0 fully saturated rings. The van der Waals surface area contributed by atoms with Crippen LogP contribution in [0.1, 0.15) is 22.3 Å². The minimum Gasteiger partial charge on any atom is -0.457 e. The van der Waals surface area contributed by atoms with Crippen LogP contribution >= 0.6 is 11.3 Å². The van der Waals surface area contributed by atoms with Crippen LogP contribution in [-0.4, -0.2) is 4.57 Å². The van der Waals surface area contributed by atoms with E-state index in [0.717, 1.165) is 45.2 Å². The second-order valence-corrected chi connectivity index (χ2v) is 19.0. The molecule has 1 aliphatic carbocycles. The van der Waals surface area contributed by atoms with E-state index in [4.69, 9.17) is 4.74 Å². The zero-order valence-electron chi connectivity index (χ0n) is 36.2. The highest BCUT2D eigenvalue weighted by molar-refractivity contribution is 7.25. The molecule has 13 aromatic rings. The number of fused-ring (bicyclic) bond motifs is 15. The third kappa shape index (κ3) is 5.00. The summed E-state index contributed by atoms with van der Waals surface area (Å²) in [4.78, 5) is 2.44. The molecule has 0 saturated carbocycles. The summed E-state index contributed by atoms with van der Waals surface area (Å²) in [5.74, 6) is 1.72. The maximum absolute atomic E-state index is 7.18. The molecule has 3 nitrogen and oxygen atoms in total. The molecule has 11 aromatic carbocycles. The van der Waals surface area contributed by atoms with Crippen molar-refractivity contribution in [2.24, 2.45) is 0 Å². The first-order chi connectivity index (χ1) is 33.2. The zero-order chi connectivity index (χ0) is 43.8. The fourth-order valence-corrected chi connectivity index (χ4v) is 13.1. The topological polar surface area (TPSA) is 17.4 Å². The fraction of sp³-hybridized carbons (Fsp3) is 0.0159. The molecule has 1 atom stereocenters. The molecule has 1 aliphatic heterocycles. The SMILES string of the molecule is c1ccc2c(c1)Oc1cc(N(c3ccc4c5ccccc5n(-c5cccc6sc7ccccc7c56)c4c3)c3cccc4ccccc34)ccc1C21c2ccccc2-c2cccc3cccc1c23. The number of benzene rings is 11. The Labute approximate surface area is 390 Å². The molecule has 0 saturated heterocycles. The van der Waals surface area contributed by atoms with Crippen molar-refractivity contribution in [3.05, 3.63) is 253 Å². The van der Waals surface area contributed by atoms with Crippen molar-refractivity contribution in [3.8, 4) is 28.3 Å². The van der Waals surface area contributed by atoms with Crippen molar-refractivity contribution in [2.45, 2.75) is 5.41 Å². The lowest BCUT2D eigenvalue weighted by Crippen LogP contribution is -2.36. The van der Waals surface area contributed by atoms with E-state index in [-0.39, 0.29) is 0 Å². The van der Waals surface area contributed by atoms with Gasteiger partial charge in [-0.1, -0.05) is 170 Å². The summed E-state index contributed by atoms with van der Waals surface area (Å²) in [6, 6.07) is 85.0. The first kappa shape index (κ1) is 36.9. The Kier molecular flexibility index (Phi) is 7.58. The van der Waals surface area contributed by atoms with Gasteiger partial charge in [0, 0.05) is 64.9 Å². The summed E-state index contributed by atoms with van der Waals surface area (Å²) in [6.07, 6.45) is 0. The monoisotopic (exact) mass is 870 g/mol. The van der Waals surface area contributed by atoms with Crippen molar-refractivity contribution in [1.29, 1.82) is 0 Å². The summed E-state index contributed by atoms with van der Waals surface area (Å²) in [5.41, 5.74) is 13.4. The molecule has 1 unspecified atom stereocenters. The van der Waals surface area contributed by atoms with Gasteiger partial charge in [-0.3, -0.25) is 0 Å². The number of thiophene rings is 1. The van der Waals surface area contributed by atoms with E-state index in [9.17, 15) is 0 Å². The Morgan fingerprint density at radius 3 is 1.96 bits per heavy atom. The minimum atomic E-state index is -0.621. The Morgan fingerprint density at radius 2 is 1.01 bits per heavy atom. The number of aromatic nitrogens is 1. The third-order valence-corrected chi connectivity index (χ3v) is 15.7. The highest BCUT2D eigenvalue weighted by atomic mass is 32.1. The van der Waals surface area contributed by atoms with E-state index in [1.165, 1.54) is 85.9 Å². The van der Waals surface area contributed by atoms with Crippen LogP contribution in [0.3, 0.4) is 0 Å². The molecule has 2 aliphatic rings. The van der Waals surface area contributed by atoms with Crippen molar-refractivity contribution >= 4 is 91.9 Å². The van der Waals surface area contributed by atoms with E-state index < -0.39 is 5.41 Å². The minimum absolute atomic E-state index is 0.621. The van der Waals surface area contributed by atoms with Crippen molar-refractivity contribution < 1.29 is 4.74 Å². The predicted molar refractivity (Wildman–Crippen MR) is 281 cm³/mol. The Bertz CT molecular complexity index is 4220. The Morgan fingerprint density at radius 1 is 0.388 bits per heavy atom. The van der Waals surface area contributed by atoms with E-state index >= 15 is 0 Å². The molecule has 3 heterocycles. The van der Waals surface area contributed by atoms with Crippen LogP contribution < -0.4 is 9.64 Å². The lowest BCUT2D eigenvalue weighted by molar-refractivity contribution is 0.435. The number of anilines is 3. The van der Waals surface area contributed by atoms with Gasteiger partial charge in [-0.15, -0.1) is 11.3 Å². The average molecular weight is 871 g/mol. The Balaban J connectivity index is 1.01. The third-order valence-electron chi connectivity index (χ3n) is 14.6. The van der Waals surface area contributed by atoms with Gasteiger partial charge in [-0.05, 0) is 93.0 Å². The maximum Gasteiger partial charge on any atom is 0.134 e. The van der Waals surface area contributed by atoms with Gasteiger partial charge >= 0.3 is 0 Å². The van der Waals surface area contributed by atoms with Gasteiger partial charge in [0.2, 0.25) is 0 Å². The van der Waals surface area contributed by atoms with Crippen LogP contribution in [0.4, 0.5) is 17.1 Å². The number of nitrogens with zero attached hydrogens (tertiary/aromatic N) is 2. The molecule has 15 rings (SSSR count). The normalized spacial score (nSPS) is 14.7. The number of para-hydroxylation sites is 2. The van der Waals surface area contributed by atoms with Gasteiger partial charge in [0.1, 0.15) is 11.5 Å². The molecular formula is C63H38N2OS. The molecule has 2 aromatic heterocycles. The van der Waals surface area contributed by atoms with Crippen LogP contribution in [0.15, 0.2) is 231 Å². The van der Waals surface area contributed by atoms with Crippen LogP contribution in [0.2, 0.25) is 0 Å². The van der Waals surface area contributed by atoms with Crippen LogP contribution in [0, 0.1) is 0 Å². The lowest BCUT2D eigenvalue weighted by atomic mass is 9.58. The summed E-state index contributed by atoms with van der Waals surface area (Å²) < 4.78 is 12.3. The summed E-state index contributed by atoms with van der Waals surface area (Å²) in [7, 11) is 0. The molecular weight excluding hydrogens is 833 g/mol. The summed E-state index contributed by atoms with van der Waals surface area (Å²) in [5, 5.41) is 9.90. The molecule has 0 amide bonds. The first-order valence-electron chi connectivity index (χ1n) is 23.0. The van der Waals surface area contributed by atoms with Gasteiger partial charge in [-0.2, -0.15) is 0 Å². The standard InChI is InChI=1S/C63H38N2OS/c1-2-19-43-39(15-1)16-13-28-53(43)64(41-33-35-46-45-21-4-8-27-54(45)65(56(46)37-41)55-29-14-32-60-62(55)48-22-5-10-31-59(48)67-60)42-34-36-51-58(38-42)66-57-30-9-7-25-50(57)63(51)49-24-6-3-20-44(49)47-23-11-17-40-18-12-26-52(63)61(40)47/h1-38H. The molecule has 0 N–H and O–H groups in total. The molecule has 67 heavy (non-hydrogen) atoms. The van der Waals surface area contributed by atoms with E-state index in [0.29, 0.717) is 0 Å². The second kappa shape index (κ2) is 13.8. The van der Waals surface area contributed by atoms with Crippen LogP contribution in [0.5, 0.6) is 11.5 Å². The average Bonchev–Trinajstić information content (AvgIpc) is 3.93. The molecule has 4 heteroatoms. The van der Waals surface area contributed by atoms with Gasteiger partial charge in [0.05, 0.1) is 27.8 Å². The smallest absolute Gasteiger partial charge is 0.134 e. The van der Waals surface area contributed by atoms with Gasteiger partial charge in [-0.25, -0.2) is 0 Å². The lowest BCUT2D eigenvalue weighted by Gasteiger charge is -2.45. The quantitative estimate of drug-likeness (QED) is 0.175. The zero-order valence-corrected chi connectivity index (χ0v) is 37.0. The summed E-state index contributed by atoms with van der Waals surface area (Å²) in [6.45, 7) is 0. The van der Waals surface area contributed by atoms with E-state index in [1.807, 2.05) is 11.3 Å². The van der Waals surface area contributed by atoms with Crippen LogP contribution in [0.25, 0.3) is 80.3 Å². The number of hydrogen-bond acceptors (Lipinski definition) is 3. The van der Waals surface area contributed by atoms with E-state index in [2.05, 4.69) is 240 Å².